The van der Waals surface area contributed by atoms with E-state index in [1.54, 1.807) is 0 Å². The van der Waals surface area contributed by atoms with Gasteiger partial charge in [-0.2, -0.15) is 0 Å². The van der Waals surface area contributed by atoms with Crippen LogP contribution in [0, 0.1) is 5.41 Å². The van der Waals surface area contributed by atoms with Gasteiger partial charge >= 0.3 is 5.97 Å². The summed E-state index contributed by atoms with van der Waals surface area (Å²) in [5, 5.41) is 0. The Bertz CT molecular complexity index is 270. The molecule has 4 nitrogen and oxygen atoms in total. The predicted octanol–water partition coefficient (Wildman–Crippen LogP) is 2.10. The molecule has 0 amide bonds. The molecule has 0 bridgehead atoms. The van der Waals surface area contributed by atoms with Crippen LogP contribution in [-0.4, -0.2) is 31.1 Å². The smallest absolute Gasteiger partial charge is 0.307 e. The summed E-state index contributed by atoms with van der Waals surface area (Å²) in [4.78, 5) is 23.1. The highest BCUT2D eigenvalue weighted by Crippen LogP contribution is 2.33. The van der Waals surface area contributed by atoms with Gasteiger partial charge in [-0.25, -0.2) is 0 Å². The van der Waals surface area contributed by atoms with Crippen LogP contribution in [0.15, 0.2) is 0 Å². The first-order chi connectivity index (χ1) is 7.87. The van der Waals surface area contributed by atoms with Crippen LogP contribution in [0.3, 0.4) is 0 Å². The van der Waals surface area contributed by atoms with E-state index in [4.69, 9.17) is 9.47 Å². The van der Waals surface area contributed by atoms with Gasteiger partial charge in [0.15, 0.2) is 0 Å². The summed E-state index contributed by atoms with van der Waals surface area (Å²) in [5.41, 5.74) is -1.08. The number of carbonyl (C=O) groups is 2. The van der Waals surface area contributed by atoms with Crippen LogP contribution in [0.2, 0.25) is 0 Å². The molecule has 0 radical (unpaired) electrons. The van der Waals surface area contributed by atoms with Crippen molar-refractivity contribution in [2.45, 2.75) is 52.1 Å². The number of carbonyl (C=O) groups excluding carboxylic acids is 2. The molecule has 1 aliphatic rings. The molecule has 17 heavy (non-hydrogen) atoms. The van der Waals surface area contributed by atoms with Gasteiger partial charge in [-0.05, 0) is 40.0 Å². The minimum absolute atomic E-state index is 0.164. The van der Waals surface area contributed by atoms with Gasteiger partial charge in [0.25, 0.3) is 0 Å². The van der Waals surface area contributed by atoms with E-state index in [9.17, 15) is 9.59 Å². The number of rotatable bonds is 3. The molecule has 1 saturated heterocycles. The van der Waals surface area contributed by atoms with E-state index in [0.717, 1.165) is 12.7 Å². The van der Waals surface area contributed by atoms with Crippen molar-refractivity contribution in [3.05, 3.63) is 0 Å². The Morgan fingerprint density at radius 3 is 2.65 bits per heavy atom. The molecule has 0 aromatic heterocycles. The van der Waals surface area contributed by atoms with Crippen LogP contribution < -0.4 is 0 Å². The standard InChI is InChI=1S/C13H22O4/c1-12(2,3)17-11(15)9-13(10-14)5-4-7-16-8-6-13/h10H,4-9H2,1-3H3. The lowest BCUT2D eigenvalue weighted by Gasteiger charge is -2.27. The Hall–Kier alpha value is -0.900. The van der Waals surface area contributed by atoms with E-state index in [2.05, 4.69) is 0 Å². The zero-order chi connectivity index (χ0) is 12.9. The van der Waals surface area contributed by atoms with E-state index in [0.29, 0.717) is 26.1 Å². The average Bonchev–Trinajstić information content (AvgIpc) is 2.41. The van der Waals surface area contributed by atoms with E-state index in [-0.39, 0.29) is 12.4 Å². The second kappa shape index (κ2) is 5.63. The lowest BCUT2D eigenvalue weighted by atomic mass is 9.79. The number of aldehydes is 1. The lowest BCUT2D eigenvalue weighted by Crippen LogP contribution is -2.31. The summed E-state index contributed by atoms with van der Waals surface area (Å²) in [5.74, 6) is -0.300. The highest BCUT2D eigenvalue weighted by molar-refractivity contribution is 5.76. The molecule has 1 fully saturated rings. The molecular formula is C13H22O4. The van der Waals surface area contributed by atoms with Gasteiger partial charge in [-0.1, -0.05) is 0 Å². The fourth-order valence-corrected chi connectivity index (χ4v) is 2.03. The fraction of sp³-hybridized carbons (Fsp3) is 0.846. The van der Waals surface area contributed by atoms with Crippen LogP contribution in [0.4, 0.5) is 0 Å². The Balaban J connectivity index is 2.61. The molecule has 1 heterocycles. The molecular weight excluding hydrogens is 220 g/mol. The van der Waals surface area contributed by atoms with Gasteiger partial charge in [-0.15, -0.1) is 0 Å². The molecule has 0 aromatic rings. The summed E-state index contributed by atoms with van der Waals surface area (Å²) < 4.78 is 10.6. The molecule has 4 heteroatoms. The molecule has 1 aliphatic heterocycles. The third-order valence-corrected chi connectivity index (χ3v) is 2.87. The van der Waals surface area contributed by atoms with Crippen LogP contribution in [0.1, 0.15) is 46.5 Å². The largest absolute Gasteiger partial charge is 0.460 e. The molecule has 1 atom stereocenters. The van der Waals surface area contributed by atoms with E-state index in [1.165, 1.54) is 0 Å². The van der Waals surface area contributed by atoms with Gasteiger partial charge in [0.2, 0.25) is 0 Å². The highest BCUT2D eigenvalue weighted by Gasteiger charge is 2.35. The van der Waals surface area contributed by atoms with Crippen molar-refractivity contribution in [2.75, 3.05) is 13.2 Å². The van der Waals surface area contributed by atoms with Crippen molar-refractivity contribution in [1.82, 2.24) is 0 Å². The molecule has 0 aromatic carbocycles. The van der Waals surface area contributed by atoms with Crippen LogP contribution in [0.5, 0.6) is 0 Å². The van der Waals surface area contributed by atoms with E-state index in [1.807, 2.05) is 20.8 Å². The Labute approximate surface area is 103 Å². The van der Waals surface area contributed by atoms with Gasteiger partial charge < -0.3 is 14.3 Å². The minimum atomic E-state index is -0.584. The second-order valence-electron chi connectivity index (χ2n) is 5.71. The highest BCUT2D eigenvalue weighted by atomic mass is 16.6. The second-order valence-corrected chi connectivity index (χ2v) is 5.71. The summed E-state index contributed by atoms with van der Waals surface area (Å²) in [6.07, 6.45) is 3.20. The summed E-state index contributed by atoms with van der Waals surface area (Å²) in [6.45, 7) is 6.70. The van der Waals surface area contributed by atoms with Crippen LogP contribution >= 0.6 is 0 Å². The Kier molecular flexibility index (Phi) is 4.69. The minimum Gasteiger partial charge on any atom is -0.460 e. The number of esters is 1. The molecule has 0 aliphatic carbocycles. The lowest BCUT2D eigenvalue weighted by molar-refractivity contribution is -0.159. The normalized spacial score (nSPS) is 26.1. The summed E-state index contributed by atoms with van der Waals surface area (Å²) >= 11 is 0. The quantitative estimate of drug-likeness (QED) is 0.562. The third-order valence-electron chi connectivity index (χ3n) is 2.87. The molecule has 0 spiro atoms. The third kappa shape index (κ3) is 4.86. The maximum absolute atomic E-state index is 11.8. The predicted molar refractivity (Wildman–Crippen MR) is 63.6 cm³/mol. The zero-order valence-electron chi connectivity index (χ0n) is 11.0. The Morgan fingerprint density at radius 1 is 1.35 bits per heavy atom. The molecule has 1 unspecified atom stereocenters. The average molecular weight is 242 g/mol. The summed E-state index contributed by atoms with van der Waals surface area (Å²) in [7, 11) is 0. The monoisotopic (exact) mass is 242 g/mol. The number of hydrogen-bond acceptors (Lipinski definition) is 4. The van der Waals surface area contributed by atoms with Gasteiger partial charge in [0.05, 0.1) is 6.42 Å². The first kappa shape index (κ1) is 14.2. The van der Waals surface area contributed by atoms with Crippen LogP contribution in [0.25, 0.3) is 0 Å². The van der Waals surface area contributed by atoms with E-state index < -0.39 is 11.0 Å². The van der Waals surface area contributed by atoms with Crippen molar-refractivity contribution in [2.24, 2.45) is 5.41 Å². The molecule has 0 saturated carbocycles. The van der Waals surface area contributed by atoms with Crippen molar-refractivity contribution in [3.8, 4) is 0 Å². The van der Waals surface area contributed by atoms with Crippen molar-refractivity contribution < 1.29 is 19.1 Å². The molecule has 98 valence electrons. The van der Waals surface area contributed by atoms with Crippen molar-refractivity contribution in [1.29, 1.82) is 0 Å². The van der Waals surface area contributed by atoms with Gasteiger partial charge in [0.1, 0.15) is 11.9 Å². The fourth-order valence-electron chi connectivity index (χ4n) is 2.03. The molecule has 1 rings (SSSR count). The van der Waals surface area contributed by atoms with Crippen molar-refractivity contribution in [3.63, 3.8) is 0 Å². The van der Waals surface area contributed by atoms with Crippen molar-refractivity contribution >= 4 is 12.3 Å². The Morgan fingerprint density at radius 2 is 2.06 bits per heavy atom. The first-order valence-corrected chi connectivity index (χ1v) is 6.13. The zero-order valence-corrected chi connectivity index (χ0v) is 11.0. The van der Waals surface area contributed by atoms with Crippen LogP contribution in [-0.2, 0) is 19.1 Å². The molecule has 0 N–H and O–H groups in total. The number of ether oxygens (including phenoxy) is 2. The van der Waals surface area contributed by atoms with Gasteiger partial charge in [0, 0.05) is 18.6 Å². The maximum Gasteiger partial charge on any atom is 0.307 e. The maximum atomic E-state index is 11.8. The number of hydrogen-bond donors (Lipinski definition) is 0. The van der Waals surface area contributed by atoms with E-state index >= 15 is 0 Å². The SMILES string of the molecule is CC(C)(C)OC(=O)CC1(C=O)CCCOCC1. The van der Waals surface area contributed by atoms with Gasteiger partial charge in [-0.3, -0.25) is 4.79 Å². The summed E-state index contributed by atoms with van der Waals surface area (Å²) in [6, 6.07) is 0. The topological polar surface area (TPSA) is 52.6 Å². The first-order valence-electron chi connectivity index (χ1n) is 6.13.